The van der Waals surface area contributed by atoms with Gasteiger partial charge < -0.3 is 15.4 Å². The van der Waals surface area contributed by atoms with Crippen LogP contribution in [-0.4, -0.2) is 31.2 Å². The second-order valence-corrected chi connectivity index (χ2v) is 2.95. The lowest BCUT2D eigenvalue weighted by atomic mass is 10.4. The molecule has 3 N–H and O–H groups in total. The zero-order valence-electron chi connectivity index (χ0n) is 7.59. The van der Waals surface area contributed by atoms with Crippen LogP contribution in [0.25, 0.3) is 11.2 Å². The molecule has 2 heterocycles. The maximum atomic E-state index is 8.70. The van der Waals surface area contributed by atoms with Crippen molar-refractivity contribution in [1.29, 1.82) is 0 Å². The number of aryl methyl sites for hydroxylation is 1. The fourth-order valence-electron chi connectivity index (χ4n) is 1.27. The Morgan fingerprint density at radius 2 is 2.29 bits per heavy atom. The third-order valence-corrected chi connectivity index (χ3v) is 1.93. The zero-order valence-corrected chi connectivity index (χ0v) is 7.59. The number of nitrogen functional groups attached to an aromatic ring is 1. The molecule has 0 aliphatic heterocycles. The molecule has 74 valence electrons. The van der Waals surface area contributed by atoms with Crippen LogP contribution in [0.1, 0.15) is 6.42 Å². The van der Waals surface area contributed by atoms with Gasteiger partial charge in [0.15, 0.2) is 5.65 Å². The summed E-state index contributed by atoms with van der Waals surface area (Å²) in [6.45, 7) is 0.837. The van der Waals surface area contributed by atoms with E-state index in [2.05, 4.69) is 15.0 Å². The highest BCUT2D eigenvalue weighted by Gasteiger charge is 2.04. The average molecular weight is 193 g/mol. The molecular weight excluding hydrogens is 182 g/mol. The zero-order chi connectivity index (χ0) is 9.97. The van der Waals surface area contributed by atoms with Crippen molar-refractivity contribution in [1.82, 2.24) is 19.5 Å². The minimum absolute atomic E-state index is 0.153. The minimum atomic E-state index is 0.153. The summed E-state index contributed by atoms with van der Waals surface area (Å²) in [5, 5.41) is 8.70. The molecule has 0 unspecified atom stereocenters. The first kappa shape index (κ1) is 8.89. The van der Waals surface area contributed by atoms with Crippen molar-refractivity contribution in [3.8, 4) is 0 Å². The Hall–Kier alpha value is -1.69. The van der Waals surface area contributed by atoms with Crippen LogP contribution in [0.2, 0.25) is 0 Å². The van der Waals surface area contributed by atoms with Crippen molar-refractivity contribution in [3.05, 3.63) is 12.5 Å². The Morgan fingerprint density at radius 1 is 1.43 bits per heavy atom. The first-order valence-corrected chi connectivity index (χ1v) is 4.35. The standard InChI is InChI=1S/C8H11N5O/c9-8-10-4-6-7(12-8)13(5-11-6)2-1-3-14/h4-5,14H,1-3H2,(H2,9,10,12). The molecule has 2 rings (SSSR count). The maximum absolute atomic E-state index is 8.70. The number of rotatable bonds is 3. The van der Waals surface area contributed by atoms with Crippen LogP contribution in [0.5, 0.6) is 0 Å². The molecule has 2 aromatic heterocycles. The molecule has 14 heavy (non-hydrogen) atoms. The maximum Gasteiger partial charge on any atom is 0.222 e. The summed E-state index contributed by atoms with van der Waals surface area (Å²) in [6.07, 6.45) is 3.94. The van der Waals surface area contributed by atoms with Crippen LogP contribution in [0.15, 0.2) is 12.5 Å². The molecule has 0 saturated heterocycles. The molecule has 0 radical (unpaired) electrons. The summed E-state index contributed by atoms with van der Waals surface area (Å²) in [4.78, 5) is 12.0. The van der Waals surface area contributed by atoms with E-state index in [0.717, 1.165) is 5.52 Å². The van der Waals surface area contributed by atoms with Gasteiger partial charge in [0.1, 0.15) is 5.52 Å². The van der Waals surface area contributed by atoms with E-state index in [1.54, 1.807) is 12.5 Å². The Kier molecular flexibility index (Phi) is 2.28. The molecule has 0 spiro atoms. The van der Waals surface area contributed by atoms with Gasteiger partial charge in [0.05, 0.1) is 12.5 Å². The number of aliphatic hydroxyl groups excluding tert-OH is 1. The van der Waals surface area contributed by atoms with Gasteiger partial charge in [-0.1, -0.05) is 0 Å². The highest BCUT2D eigenvalue weighted by atomic mass is 16.3. The number of aromatic nitrogens is 4. The number of imidazole rings is 1. The van der Waals surface area contributed by atoms with Crippen molar-refractivity contribution >= 4 is 17.1 Å². The summed E-state index contributed by atoms with van der Waals surface area (Å²) in [6, 6.07) is 0. The Morgan fingerprint density at radius 3 is 3.07 bits per heavy atom. The molecule has 6 heteroatoms. The quantitative estimate of drug-likeness (QED) is 0.704. The van der Waals surface area contributed by atoms with Gasteiger partial charge in [-0.25, -0.2) is 9.97 Å². The van der Waals surface area contributed by atoms with Gasteiger partial charge in [0, 0.05) is 13.2 Å². The third kappa shape index (κ3) is 1.51. The van der Waals surface area contributed by atoms with Crippen molar-refractivity contribution in [2.24, 2.45) is 0 Å². The number of hydrogen-bond donors (Lipinski definition) is 2. The van der Waals surface area contributed by atoms with Crippen molar-refractivity contribution < 1.29 is 5.11 Å². The molecule has 0 aliphatic rings. The van der Waals surface area contributed by atoms with E-state index in [1.807, 2.05) is 4.57 Å². The molecule has 0 amide bonds. The van der Waals surface area contributed by atoms with Gasteiger partial charge in [-0.2, -0.15) is 4.98 Å². The highest BCUT2D eigenvalue weighted by Crippen LogP contribution is 2.09. The number of nitrogens with two attached hydrogens (primary N) is 1. The van der Waals surface area contributed by atoms with Gasteiger partial charge in [-0.15, -0.1) is 0 Å². The van der Waals surface area contributed by atoms with Crippen LogP contribution >= 0.6 is 0 Å². The van der Waals surface area contributed by atoms with Crippen LogP contribution in [0, 0.1) is 0 Å². The molecule has 0 fully saturated rings. The fourth-order valence-corrected chi connectivity index (χ4v) is 1.27. The monoisotopic (exact) mass is 193 g/mol. The topological polar surface area (TPSA) is 89.8 Å². The molecule has 0 aliphatic carbocycles. The Bertz CT molecular complexity index is 438. The van der Waals surface area contributed by atoms with Crippen molar-refractivity contribution in [3.63, 3.8) is 0 Å². The first-order chi connectivity index (χ1) is 6.81. The largest absolute Gasteiger partial charge is 0.396 e. The molecular formula is C8H11N5O. The Labute approximate surface area is 80.4 Å². The van der Waals surface area contributed by atoms with E-state index >= 15 is 0 Å². The van der Waals surface area contributed by atoms with Crippen LogP contribution in [-0.2, 0) is 6.54 Å². The van der Waals surface area contributed by atoms with E-state index in [1.165, 1.54) is 0 Å². The van der Waals surface area contributed by atoms with E-state index in [0.29, 0.717) is 18.6 Å². The second kappa shape index (κ2) is 3.59. The van der Waals surface area contributed by atoms with Gasteiger partial charge in [0.2, 0.25) is 5.95 Å². The van der Waals surface area contributed by atoms with Gasteiger partial charge >= 0.3 is 0 Å². The predicted molar refractivity (Wildman–Crippen MR) is 51.4 cm³/mol. The van der Waals surface area contributed by atoms with Crippen molar-refractivity contribution in [2.45, 2.75) is 13.0 Å². The van der Waals surface area contributed by atoms with Gasteiger partial charge in [-0.05, 0) is 6.42 Å². The highest BCUT2D eigenvalue weighted by molar-refractivity contribution is 5.70. The number of hydrogen-bond acceptors (Lipinski definition) is 5. The minimum Gasteiger partial charge on any atom is -0.396 e. The third-order valence-electron chi connectivity index (χ3n) is 1.93. The number of aliphatic hydroxyl groups is 1. The normalized spacial score (nSPS) is 10.9. The number of anilines is 1. The lowest BCUT2D eigenvalue weighted by molar-refractivity contribution is 0.280. The fraction of sp³-hybridized carbons (Fsp3) is 0.375. The summed E-state index contributed by atoms with van der Waals surface area (Å²) >= 11 is 0. The second-order valence-electron chi connectivity index (χ2n) is 2.95. The lowest BCUT2D eigenvalue weighted by Crippen LogP contribution is -2.01. The molecule has 0 saturated carbocycles. The van der Waals surface area contributed by atoms with Crippen molar-refractivity contribution in [2.75, 3.05) is 12.3 Å². The molecule has 0 atom stereocenters. The van der Waals surface area contributed by atoms with Gasteiger partial charge in [0.25, 0.3) is 0 Å². The molecule has 0 bridgehead atoms. The van der Waals surface area contributed by atoms with E-state index < -0.39 is 0 Å². The van der Waals surface area contributed by atoms with Crippen LogP contribution in [0.4, 0.5) is 5.95 Å². The molecule has 0 aromatic carbocycles. The van der Waals surface area contributed by atoms with Gasteiger partial charge in [-0.3, -0.25) is 0 Å². The van der Waals surface area contributed by atoms with Crippen LogP contribution in [0.3, 0.4) is 0 Å². The smallest absolute Gasteiger partial charge is 0.222 e. The summed E-state index contributed by atoms with van der Waals surface area (Å²) in [5.41, 5.74) is 6.90. The number of fused-ring (bicyclic) bond motifs is 1. The first-order valence-electron chi connectivity index (χ1n) is 4.35. The predicted octanol–water partition coefficient (Wildman–Crippen LogP) is -0.209. The Balaban J connectivity index is 2.40. The SMILES string of the molecule is Nc1ncc2ncn(CCCO)c2n1. The van der Waals surface area contributed by atoms with E-state index in [-0.39, 0.29) is 12.6 Å². The average Bonchev–Trinajstić information content (AvgIpc) is 2.57. The summed E-state index contributed by atoms with van der Waals surface area (Å²) in [7, 11) is 0. The van der Waals surface area contributed by atoms with E-state index in [4.69, 9.17) is 10.8 Å². The summed E-state index contributed by atoms with van der Waals surface area (Å²) in [5.74, 6) is 0.239. The molecule has 2 aromatic rings. The summed E-state index contributed by atoms with van der Waals surface area (Å²) < 4.78 is 1.85. The number of nitrogens with zero attached hydrogens (tertiary/aromatic N) is 4. The van der Waals surface area contributed by atoms with E-state index in [9.17, 15) is 0 Å². The lowest BCUT2D eigenvalue weighted by Gasteiger charge is -2.00. The molecule has 6 nitrogen and oxygen atoms in total. The van der Waals surface area contributed by atoms with Crippen LogP contribution < -0.4 is 5.73 Å².